The highest BCUT2D eigenvalue weighted by Crippen LogP contribution is 2.27. The van der Waals surface area contributed by atoms with E-state index >= 15 is 0 Å². The maximum Gasteiger partial charge on any atom is 0.188 e. The van der Waals surface area contributed by atoms with E-state index in [0.29, 0.717) is 10.8 Å². The summed E-state index contributed by atoms with van der Waals surface area (Å²) in [4.78, 5) is 0. The van der Waals surface area contributed by atoms with E-state index in [0.717, 1.165) is 4.47 Å². The minimum Gasteiger partial charge on any atom is -0.466 e. The molecule has 66 valence electrons. The Morgan fingerprint density at radius 1 is 1.50 bits per heavy atom. The lowest BCUT2D eigenvalue weighted by atomic mass is 10.3. The molecule has 0 amide bonds. The van der Waals surface area contributed by atoms with Crippen LogP contribution in [0.3, 0.4) is 0 Å². The number of hydrogen-bond acceptors (Lipinski definition) is 2. The molecule has 0 fully saturated rings. The minimum atomic E-state index is 0.210. The van der Waals surface area contributed by atoms with Crippen LogP contribution in [0.4, 0.5) is 0 Å². The summed E-state index contributed by atoms with van der Waals surface area (Å²) in [6.45, 7) is 0.210. The quantitative estimate of drug-likeness (QED) is 0.769. The van der Waals surface area contributed by atoms with Gasteiger partial charge in [-0.2, -0.15) is 0 Å². The second kappa shape index (κ2) is 4.70. The molecule has 12 heavy (non-hydrogen) atoms. The Hall–Kier alpha value is -0.250. The summed E-state index contributed by atoms with van der Waals surface area (Å²) < 4.78 is 10.8. The Kier molecular flexibility index (Phi) is 3.85. The van der Waals surface area contributed by atoms with E-state index in [1.807, 2.05) is 6.07 Å². The van der Waals surface area contributed by atoms with Crippen molar-refractivity contribution < 1.29 is 9.47 Å². The summed E-state index contributed by atoms with van der Waals surface area (Å²) in [6.07, 6.45) is 0. The Morgan fingerprint density at radius 3 is 2.83 bits per heavy atom. The van der Waals surface area contributed by atoms with Gasteiger partial charge in [-0.25, -0.2) is 0 Å². The van der Waals surface area contributed by atoms with Crippen molar-refractivity contribution in [1.82, 2.24) is 0 Å². The van der Waals surface area contributed by atoms with Crippen LogP contribution in [0.2, 0.25) is 5.02 Å². The molecule has 0 N–H and O–H groups in total. The van der Waals surface area contributed by atoms with Crippen LogP contribution in [0.15, 0.2) is 22.7 Å². The molecule has 0 saturated carbocycles. The number of methoxy groups -OCH3 is 1. The van der Waals surface area contributed by atoms with Crippen molar-refractivity contribution >= 4 is 27.5 Å². The average molecular weight is 252 g/mol. The van der Waals surface area contributed by atoms with Gasteiger partial charge in [-0.05, 0) is 18.2 Å². The molecular weight excluding hydrogens is 243 g/mol. The van der Waals surface area contributed by atoms with Crippen LogP contribution in [0, 0.1) is 0 Å². The molecule has 2 nitrogen and oxygen atoms in total. The van der Waals surface area contributed by atoms with E-state index in [9.17, 15) is 0 Å². The summed E-state index contributed by atoms with van der Waals surface area (Å²) in [5.41, 5.74) is 0. The number of rotatable bonds is 3. The smallest absolute Gasteiger partial charge is 0.188 e. The van der Waals surface area contributed by atoms with Crippen molar-refractivity contribution in [2.45, 2.75) is 0 Å². The van der Waals surface area contributed by atoms with Gasteiger partial charge in [0, 0.05) is 11.6 Å². The molecule has 0 heterocycles. The lowest BCUT2D eigenvalue weighted by Gasteiger charge is -2.05. The zero-order valence-corrected chi connectivity index (χ0v) is 8.85. The van der Waals surface area contributed by atoms with Crippen LogP contribution in [0.5, 0.6) is 5.75 Å². The molecule has 4 heteroatoms. The predicted octanol–water partition coefficient (Wildman–Crippen LogP) is 3.09. The molecule has 0 aromatic heterocycles. The first-order valence-corrected chi connectivity index (χ1v) is 4.48. The predicted molar refractivity (Wildman–Crippen MR) is 51.7 cm³/mol. The largest absolute Gasteiger partial charge is 0.466 e. The second-order valence-electron chi connectivity index (χ2n) is 2.13. The van der Waals surface area contributed by atoms with Crippen molar-refractivity contribution in [3.05, 3.63) is 27.7 Å². The lowest BCUT2D eigenvalue weighted by molar-refractivity contribution is 0.0512. The number of halogens is 2. The highest BCUT2D eigenvalue weighted by Gasteiger charge is 2.00. The Labute approximate surface area is 84.6 Å². The highest BCUT2D eigenvalue weighted by molar-refractivity contribution is 9.10. The van der Waals surface area contributed by atoms with E-state index in [-0.39, 0.29) is 6.79 Å². The van der Waals surface area contributed by atoms with E-state index in [1.165, 1.54) is 0 Å². The first-order chi connectivity index (χ1) is 5.74. The van der Waals surface area contributed by atoms with Crippen LogP contribution >= 0.6 is 27.5 Å². The molecule has 0 aliphatic carbocycles. The first-order valence-electron chi connectivity index (χ1n) is 3.31. The Morgan fingerprint density at radius 2 is 2.25 bits per heavy atom. The van der Waals surface area contributed by atoms with Crippen molar-refractivity contribution in [2.24, 2.45) is 0 Å². The molecule has 1 aromatic rings. The Balaban J connectivity index is 2.72. The van der Waals surface area contributed by atoms with E-state index < -0.39 is 0 Å². The van der Waals surface area contributed by atoms with Gasteiger partial charge < -0.3 is 9.47 Å². The zero-order valence-electron chi connectivity index (χ0n) is 6.51. The normalized spacial score (nSPS) is 9.92. The van der Waals surface area contributed by atoms with Gasteiger partial charge in [0.05, 0.1) is 5.02 Å². The third kappa shape index (κ3) is 2.66. The molecule has 0 radical (unpaired) electrons. The summed E-state index contributed by atoms with van der Waals surface area (Å²) in [6, 6.07) is 5.41. The fourth-order valence-electron chi connectivity index (χ4n) is 0.715. The minimum absolute atomic E-state index is 0.210. The SMILES string of the molecule is COCOc1ccc(Br)cc1Cl. The molecular formula is C8H8BrClO2. The molecule has 0 spiro atoms. The maximum absolute atomic E-state index is 5.85. The molecule has 0 unspecified atom stereocenters. The fraction of sp³-hybridized carbons (Fsp3) is 0.250. The third-order valence-electron chi connectivity index (χ3n) is 1.23. The summed E-state index contributed by atoms with van der Waals surface area (Å²) in [5, 5.41) is 0.571. The number of hydrogen-bond donors (Lipinski definition) is 0. The third-order valence-corrected chi connectivity index (χ3v) is 2.01. The molecule has 0 aliphatic heterocycles. The van der Waals surface area contributed by atoms with E-state index in [4.69, 9.17) is 21.1 Å². The van der Waals surface area contributed by atoms with Gasteiger partial charge in [-0.15, -0.1) is 0 Å². The average Bonchev–Trinajstić information content (AvgIpc) is 2.03. The molecule has 1 aromatic carbocycles. The molecule has 1 rings (SSSR count). The van der Waals surface area contributed by atoms with Gasteiger partial charge in [0.2, 0.25) is 0 Å². The van der Waals surface area contributed by atoms with Gasteiger partial charge in [0.25, 0.3) is 0 Å². The maximum atomic E-state index is 5.85. The lowest BCUT2D eigenvalue weighted by Crippen LogP contribution is -1.98. The monoisotopic (exact) mass is 250 g/mol. The second-order valence-corrected chi connectivity index (χ2v) is 3.45. The topological polar surface area (TPSA) is 18.5 Å². The Bertz CT molecular complexity index is 265. The van der Waals surface area contributed by atoms with Gasteiger partial charge in [0.1, 0.15) is 5.75 Å². The molecule has 0 atom stereocenters. The standard InChI is InChI=1S/C8H8BrClO2/c1-11-5-12-8-3-2-6(9)4-7(8)10/h2-4H,5H2,1H3. The zero-order chi connectivity index (χ0) is 8.97. The summed E-state index contributed by atoms with van der Waals surface area (Å²) in [7, 11) is 1.56. The van der Waals surface area contributed by atoms with Crippen LogP contribution in [-0.4, -0.2) is 13.9 Å². The van der Waals surface area contributed by atoms with Gasteiger partial charge in [-0.1, -0.05) is 27.5 Å². The number of benzene rings is 1. The van der Waals surface area contributed by atoms with Crippen molar-refractivity contribution in [1.29, 1.82) is 0 Å². The van der Waals surface area contributed by atoms with Crippen LogP contribution in [0.25, 0.3) is 0 Å². The summed E-state index contributed by atoms with van der Waals surface area (Å²) in [5.74, 6) is 0.627. The van der Waals surface area contributed by atoms with Crippen LogP contribution < -0.4 is 4.74 Å². The van der Waals surface area contributed by atoms with Gasteiger partial charge in [-0.3, -0.25) is 0 Å². The summed E-state index contributed by atoms with van der Waals surface area (Å²) >= 11 is 9.15. The van der Waals surface area contributed by atoms with Gasteiger partial charge in [0.15, 0.2) is 6.79 Å². The van der Waals surface area contributed by atoms with E-state index in [2.05, 4.69) is 15.9 Å². The van der Waals surface area contributed by atoms with Gasteiger partial charge >= 0.3 is 0 Å². The molecule has 0 saturated heterocycles. The van der Waals surface area contributed by atoms with E-state index in [1.54, 1.807) is 19.2 Å². The van der Waals surface area contributed by atoms with Crippen LogP contribution in [0.1, 0.15) is 0 Å². The molecule has 0 bridgehead atoms. The van der Waals surface area contributed by atoms with Crippen molar-refractivity contribution in [3.8, 4) is 5.75 Å². The number of ether oxygens (including phenoxy) is 2. The fourth-order valence-corrected chi connectivity index (χ4v) is 1.44. The molecule has 0 aliphatic rings. The highest BCUT2D eigenvalue weighted by atomic mass is 79.9. The van der Waals surface area contributed by atoms with Crippen molar-refractivity contribution in [3.63, 3.8) is 0 Å². The first kappa shape index (κ1) is 9.84. The van der Waals surface area contributed by atoms with Crippen molar-refractivity contribution in [2.75, 3.05) is 13.9 Å². The van der Waals surface area contributed by atoms with Crippen LogP contribution in [-0.2, 0) is 4.74 Å².